The number of rotatable bonds is 6. The summed E-state index contributed by atoms with van der Waals surface area (Å²) in [6, 6.07) is 1.52. The van der Waals surface area contributed by atoms with Crippen LogP contribution >= 0.6 is 27.5 Å². The zero-order valence-electron chi connectivity index (χ0n) is 16.6. The first kappa shape index (κ1) is 22.7. The van der Waals surface area contributed by atoms with Crippen molar-refractivity contribution in [1.82, 2.24) is 14.9 Å². The zero-order valence-corrected chi connectivity index (χ0v) is 18.9. The Labute approximate surface area is 185 Å². The van der Waals surface area contributed by atoms with Crippen LogP contribution in [0.4, 0.5) is 15.0 Å². The number of ether oxygens (including phenoxy) is 3. The number of anilines is 1. The molecule has 0 spiro atoms. The lowest BCUT2D eigenvalue weighted by Crippen LogP contribution is -2.48. The van der Waals surface area contributed by atoms with Crippen LogP contribution in [0.2, 0.25) is 5.02 Å². The minimum atomic E-state index is -0.983. The molecule has 1 aromatic carbocycles. The molecule has 1 aromatic heterocycles. The van der Waals surface area contributed by atoms with Crippen molar-refractivity contribution in [3.05, 3.63) is 21.4 Å². The Morgan fingerprint density at radius 3 is 2.47 bits per heavy atom. The molecule has 1 N–H and O–H groups in total. The van der Waals surface area contributed by atoms with E-state index in [2.05, 4.69) is 25.9 Å². The van der Waals surface area contributed by atoms with Gasteiger partial charge in [0.25, 0.3) is 0 Å². The maximum atomic E-state index is 15.0. The molecule has 164 valence electrons. The Hall–Kier alpha value is -1.95. The molecule has 30 heavy (non-hydrogen) atoms. The average Bonchev–Trinajstić information content (AvgIpc) is 2.73. The molecule has 0 unspecified atom stereocenters. The van der Waals surface area contributed by atoms with Gasteiger partial charge in [0.1, 0.15) is 17.4 Å². The smallest absolute Gasteiger partial charge is 0.407 e. The number of amides is 1. The molecular formula is C18H21BrClFN4O5. The van der Waals surface area contributed by atoms with Gasteiger partial charge in [-0.3, -0.25) is 0 Å². The average molecular weight is 508 g/mol. The molecule has 9 nitrogen and oxygen atoms in total. The van der Waals surface area contributed by atoms with Gasteiger partial charge in [-0.25, -0.2) is 9.18 Å². The van der Waals surface area contributed by atoms with Gasteiger partial charge in [-0.05, 0) is 28.9 Å². The minimum absolute atomic E-state index is 0.0329. The summed E-state index contributed by atoms with van der Waals surface area (Å²) in [4.78, 5) is 23.1. The monoisotopic (exact) mass is 506 g/mol. The van der Waals surface area contributed by atoms with Crippen LogP contribution in [0, 0.1) is 5.82 Å². The van der Waals surface area contributed by atoms with E-state index in [9.17, 15) is 14.3 Å². The van der Waals surface area contributed by atoms with Gasteiger partial charge in [0.05, 0.1) is 9.50 Å². The Balaban J connectivity index is 2.04. The largest absolute Gasteiger partial charge is 0.465 e. The van der Waals surface area contributed by atoms with Crippen LogP contribution in [0.3, 0.4) is 0 Å². The van der Waals surface area contributed by atoms with E-state index in [-0.39, 0.29) is 34.1 Å². The normalized spacial score (nSPS) is 15.7. The topological polar surface area (TPSA) is 97.2 Å². The van der Waals surface area contributed by atoms with Crippen molar-refractivity contribution in [3.63, 3.8) is 0 Å². The summed E-state index contributed by atoms with van der Waals surface area (Å²) in [5, 5.41) is 9.76. The van der Waals surface area contributed by atoms with E-state index >= 15 is 0 Å². The fraction of sp³-hybridized carbons (Fsp3) is 0.500. The molecule has 1 aliphatic rings. The van der Waals surface area contributed by atoms with Crippen molar-refractivity contribution < 1.29 is 28.5 Å². The van der Waals surface area contributed by atoms with Gasteiger partial charge in [-0.2, -0.15) is 9.97 Å². The number of hydrogen-bond donors (Lipinski definition) is 1. The molecule has 1 aliphatic heterocycles. The molecule has 1 atom stereocenters. The highest BCUT2D eigenvalue weighted by Gasteiger charge is 2.27. The lowest BCUT2D eigenvalue weighted by Gasteiger charge is -2.34. The second-order valence-corrected chi connectivity index (χ2v) is 7.83. The number of piperazine rings is 1. The van der Waals surface area contributed by atoms with Crippen molar-refractivity contribution in [2.24, 2.45) is 0 Å². The molecule has 0 saturated carbocycles. The maximum Gasteiger partial charge on any atom is 0.407 e. The Bertz CT molecular complexity index is 941. The highest BCUT2D eigenvalue weighted by molar-refractivity contribution is 9.10. The van der Waals surface area contributed by atoms with Crippen LogP contribution in [-0.4, -0.2) is 78.9 Å². The number of halogens is 3. The molecule has 3 rings (SSSR count). The van der Waals surface area contributed by atoms with E-state index < -0.39 is 24.3 Å². The van der Waals surface area contributed by atoms with Crippen LogP contribution in [0.25, 0.3) is 10.9 Å². The third kappa shape index (κ3) is 4.53. The lowest BCUT2D eigenvalue weighted by molar-refractivity contribution is -0.152. The second-order valence-electron chi connectivity index (χ2n) is 6.63. The van der Waals surface area contributed by atoms with E-state index in [1.54, 1.807) is 13.0 Å². The SMILES string of the molecule is COC(OC)[C@@H](C)Oc1nc(N2CCN(C(=O)O)CC2)c2cc(Cl)c(Br)c(F)c2n1. The summed E-state index contributed by atoms with van der Waals surface area (Å²) in [5.74, 6) is -0.232. The molecule has 1 fully saturated rings. The summed E-state index contributed by atoms with van der Waals surface area (Å²) in [6.45, 7) is 3.04. The molecule has 2 aromatic rings. The summed E-state index contributed by atoms with van der Waals surface area (Å²) in [7, 11) is 2.95. The fourth-order valence-electron chi connectivity index (χ4n) is 3.24. The van der Waals surface area contributed by atoms with Crippen LogP contribution in [0.15, 0.2) is 10.5 Å². The number of hydrogen-bond acceptors (Lipinski definition) is 7. The van der Waals surface area contributed by atoms with Crippen molar-refractivity contribution >= 4 is 50.3 Å². The number of methoxy groups -OCH3 is 2. The van der Waals surface area contributed by atoms with Gasteiger partial charge in [-0.1, -0.05) is 11.6 Å². The standard InChI is InChI=1S/C18H21BrClFN4O5/c1-9(16(28-2)29-3)30-17-22-14-10(8-11(20)12(19)13(14)21)15(23-17)24-4-6-25(7-5-24)18(26)27/h8-9,16H,4-7H2,1-3H3,(H,26,27)/t9-/m1/s1. The van der Waals surface area contributed by atoms with Crippen molar-refractivity contribution in [1.29, 1.82) is 0 Å². The Morgan fingerprint density at radius 1 is 1.27 bits per heavy atom. The number of benzene rings is 1. The van der Waals surface area contributed by atoms with Crippen molar-refractivity contribution in [3.8, 4) is 6.01 Å². The van der Waals surface area contributed by atoms with Crippen LogP contribution in [-0.2, 0) is 9.47 Å². The van der Waals surface area contributed by atoms with Crippen LogP contribution < -0.4 is 9.64 Å². The maximum absolute atomic E-state index is 15.0. The molecule has 1 amide bonds. The highest BCUT2D eigenvalue weighted by atomic mass is 79.9. The summed E-state index contributed by atoms with van der Waals surface area (Å²) in [5.41, 5.74) is 0.0329. The van der Waals surface area contributed by atoms with Gasteiger partial charge in [0.2, 0.25) is 0 Å². The summed E-state index contributed by atoms with van der Waals surface area (Å²) < 4.78 is 31.2. The molecule has 2 heterocycles. The zero-order chi connectivity index (χ0) is 22.0. The molecular weight excluding hydrogens is 487 g/mol. The predicted molar refractivity (Wildman–Crippen MR) is 112 cm³/mol. The number of carboxylic acid groups (broad SMARTS) is 1. The molecule has 0 radical (unpaired) electrons. The lowest BCUT2D eigenvalue weighted by atomic mass is 10.2. The number of carbonyl (C=O) groups is 1. The highest BCUT2D eigenvalue weighted by Crippen LogP contribution is 2.36. The van der Waals surface area contributed by atoms with Crippen LogP contribution in [0.1, 0.15) is 6.92 Å². The fourth-order valence-corrected chi connectivity index (χ4v) is 3.74. The van der Waals surface area contributed by atoms with Gasteiger partial charge in [0.15, 0.2) is 12.1 Å². The third-order valence-electron chi connectivity index (χ3n) is 4.78. The predicted octanol–water partition coefficient (Wildman–Crippen LogP) is 3.37. The number of nitrogens with zero attached hydrogens (tertiary/aromatic N) is 4. The van der Waals surface area contributed by atoms with Crippen molar-refractivity contribution in [2.45, 2.75) is 19.3 Å². The molecule has 1 saturated heterocycles. The van der Waals surface area contributed by atoms with E-state index in [0.717, 1.165) is 0 Å². The molecule has 0 bridgehead atoms. The van der Waals surface area contributed by atoms with Gasteiger partial charge in [0, 0.05) is 45.8 Å². The minimum Gasteiger partial charge on any atom is -0.465 e. The quantitative estimate of drug-likeness (QED) is 0.470. The number of aromatic nitrogens is 2. The molecule has 12 heteroatoms. The van der Waals surface area contributed by atoms with E-state index in [1.807, 2.05) is 4.90 Å². The van der Waals surface area contributed by atoms with Gasteiger partial charge < -0.3 is 29.1 Å². The summed E-state index contributed by atoms with van der Waals surface area (Å²) >= 11 is 9.29. The van der Waals surface area contributed by atoms with Crippen molar-refractivity contribution in [2.75, 3.05) is 45.3 Å². The summed E-state index contributed by atoms with van der Waals surface area (Å²) in [6.07, 6.45) is -2.23. The molecule has 0 aliphatic carbocycles. The number of fused-ring (bicyclic) bond motifs is 1. The van der Waals surface area contributed by atoms with E-state index in [4.69, 9.17) is 25.8 Å². The Kier molecular flexibility index (Phi) is 7.17. The third-order valence-corrected chi connectivity index (χ3v) is 6.08. The van der Waals surface area contributed by atoms with E-state index in [0.29, 0.717) is 24.3 Å². The van der Waals surface area contributed by atoms with Crippen LogP contribution in [0.5, 0.6) is 6.01 Å². The van der Waals surface area contributed by atoms with Gasteiger partial charge in [-0.15, -0.1) is 0 Å². The first-order valence-corrected chi connectivity index (χ1v) is 10.2. The second kappa shape index (κ2) is 9.46. The first-order valence-electron chi connectivity index (χ1n) is 9.07. The Morgan fingerprint density at radius 2 is 1.90 bits per heavy atom. The first-order chi connectivity index (χ1) is 14.3. The van der Waals surface area contributed by atoms with E-state index in [1.165, 1.54) is 19.1 Å². The van der Waals surface area contributed by atoms with Gasteiger partial charge >= 0.3 is 12.1 Å².